The third-order valence-electron chi connectivity index (χ3n) is 2.42. The second-order valence-corrected chi connectivity index (χ2v) is 3.60. The normalized spacial score (nSPS) is 10.8. The second kappa shape index (κ2) is 5.26. The Balaban J connectivity index is 2.54. The van der Waals surface area contributed by atoms with E-state index in [0.29, 0.717) is 0 Å². The molecule has 100 valence electrons. The molecule has 2 aromatic carbocycles. The first-order valence-corrected chi connectivity index (χ1v) is 5.18. The van der Waals surface area contributed by atoms with Gasteiger partial charge in [0.15, 0.2) is 23.2 Å². The molecule has 1 nitrogen and oxygen atoms in total. The molecule has 0 aliphatic heterocycles. The fourth-order valence-electron chi connectivity index (χ4n) is 1.62. The minimum Gasteiger partial charge on any atom is -0.432 e. The summed E-state index contributed by atoms with van der Waals surface area (Å²) in [7, 11) is 0. The minimum atomic E-state index is -3.21. The summed E-state index contributed by atoms with van der Waals surface area (Å²) in [5, 5.41) is 0. The average Bonchev–Trinajstić information content (AvgIpc) is 2.35. The SMILES string of the molecule is Fc1cccc(-c2cccc(OC(F)F)c2F)c1F. The van der Waals surface area contributed by atoms with E-state index in [4.69, 9.17) is 0 Å². The van der Waals surface area contributed by atoms with E-state index in [1.807, 2.05) is 0 Å². The van der Waals surface area contributed by atoms with Crippen LogP contribution in [0.2, 0.25) is 0 Å². The van der Waals surface area contributed by atoms with Crippen LogP contribution in [0.4, 0.5) is 22.0 Å². The highest BCUT2D eigenvalue weighted by Crippen LogP contribution is 2.32. The lowest BCUT2D eigenvalue weighted by Crippen LogP contribution is -2.04. The van der Waals surface area contributed by atoms with Crippen molar-refractivity contribution in [3.05, 3.63) is 53.8 Å². The van der Waals surface area contributed by atoms with Crippen LogP contribution in [0.1, 0.15) is 0 Å². The molecule has 2 aromatic rings. The second-order valence-electron chi connectivity index (χ2n) is 3.60. The van der Waals surface area contributed by atoms with Crippen LogP contribution in [0.25, 0.3) is 11.1 Å². The molecule has 19 heavy (non-hydrogen) atoms. The Morgan fingerprint density at radius 3 is 2.00 bits per heavy atom. The zero-order valence-electron chi connectivity index (χ0n) is 9.34. The van der Waals surface area contributed by atoms with E-state index >= 15 is 0 Å². The van der Waals surface area contributed by atoms with Gasteiger partial charge in [0.2, 0.25) is 0 Å². The Morgan fingerprint density at radius 2 is 1.37 bits per heavy atom. The predicted octanol–water partition coefficient (Wildman–Crippen LogP) is 4.37. The van der Waals surface area contributed by atoms with E-state index < -0.39 is 29.8 Å². The van der Waals surface area contributed by atoms with Crippen LogP contribution in [0, 0.1) is 17.5 Å². The molecule has 0 aliphatic carbocycles. The molecule has 0 unspecified atom stereocenters. The topological polar surface area (TPSA) is 9.23 Å². The van der Waals surface area contributed by atoms with E-state index in [9.17, 15) is 22.0 Å². The van der Waals surface area contributed by atoms with Gasteiger partial charge in [0, 0.05) is 11.1 Å². The third-order valence-corrected chi connectivity index (χ3v) is 2.42. The van der Waals surface area contributed by atoms with E-state index in [1.54, 1.807) is 0 Å². The van der Waals surface area contributed by atoms with Gasteiger partial charge in [0.05, 0.1) is 0 Å². The number of hydrogen-bond donors (Lipinski definition) is 0. The molecule has 0 atom stereocenters. The molecular weight excluding hydrogens is 267 g/mol. The maximum atomic E-state index is 13.9. The van der Waals surface area contributed by atoms with E-state index in [2.05, 4.69) is 4.74 Å². The highest BCUT2D eigenvalue weighted by atomic mass is 19.3. The molecule has 0 spiro atoms. The van der Waals surface area contributed by atoms with Crippen LogP contribution in [0.5, 0.6) is 5.75 Å². The zero-order valence-corrected chi connectivity index (χ0v) is 9.34. The van der Waals surface area contributed by atoms with Gasteiger partial charge in [-0.15, -0.1) is 0 Å². The molecule has 0 radical (unpaired) electrons. The van der Waals surface area contributed by atoms with Gasteiger partial charge in [-0.2, -0.15) is 8.78 Å². The average molecular weight is 274 g/mol. The Bertz CT molecular complexity index is 598. The fraction of sp³-hybridized carbons (Fsp3) is 0.0769. The molecule has 2 rings (SSSR count). The zero-order chi connectivity index (χ0) is 14.0. The van der Waals surface area contributed by atoms with Gasteiger partial charge in [0.25, 0.3) is 0 Å². The number of halogens is 5. The van der Waals surface area contributed by atoms with Gasteiger partial charge >= 0.3 is 6.61 Å². The maximum absolute atomic E-state index is 13.9. The van der Waals surface area contributed by atoms with E-state index in [-0.39, 0.29) is 11.1 Å². The first kappa shape index (κ1) is 13.3. The molecule has 0 N–H and O–H groups in total. The first-order valence-electron chi connectivity index (χ1n) is 5.18. The van der Waals surface area contributed by atoms with Crippen LogP contribution in [0.3, 0.4) is 0 Å². The summed E-state index contributed by atoms with van der Waals surface area (Å²) in [6, 6.07) is 6.53. The van der Waals surface area contributed by atoms with Gasteiger partial charge < -0.3 is 4.74 Å². The summed E-state index contributed by atoms with van der Waals surface area (Å²) < 4.78 is 68.5. The quantitative estimate of drug-likeness (QED) is 0.755. The van der Waals surface area contributed by atoms with Crippen LogP contribution >= 0.6 is 0 Å². The van der Waals surface area contributed by atoms with Crippen molar-refractivity contribution < 1.29 is 26.7 Å². The smallest absolute Gasteiger partial charge is 0.387 e. The van der Waals surface area contributed by atoms with Gasteiger partial charge in [0.1, 0.15) is 0 Å². The van der Waals surface area contributed by atoms with Crippen molar-refractivity contribution in [3.63, 3.8) is 0 Å². The molecule has 0 saturated heterocycles. The summed E-state index contributed by atoms with van der Waals surface area (Å²) in [6.07, 6.45) is 0. The number of hydrogen-bond acceptors (Lipinski definition) is 1. The molecule has 0 heterocycles. The maximum Gasteiger partial charge on any atom is 0.387 e. The van der Waals surface area contributed by atoms with Crippen molar-refractivity contribution in [2.24, 2.45) is 0 Å². The Kier molecular flexibility index (Phi) is 3.69. The Hall–Kier alpha value is -2.11. The predicted molar refractivity (Wildman–Crippen MR) is 58.4 cm³/mol. The number of benzene rings is 2. The van der Waals surface area contributed by atoms with Gasteiger partial charge in [-0.25, -0.2) is 13.2 Å². The summed E-state index contributed by atoms with van der Waals surface area (Å²) in [6.45, 7) is -3.21. The van der Waals surface area contributed by atoms with Crippen LogP contribution in [-0.4, -0.2) is 6.61 Å². The van der Waals surface area contributed by atoms with Gasteiger partial charge in [-0.3, -0.25) is 0 Å². The molecule has 0 fully saturated rings. The molecule has 6 heteroatoms. The lowest BCUT2D eigenvalue weighted by atomic mass is 10.0. The van der Waals surface area contributed by atoms with Crippen molar-refractivity contribution >= 4 is 0 Å². The summed E-state index contributed by atoms with van der Waals surface area (Å²) in [5.74, 6) is -4.31. The highest BCUT2D eigenvalue weighted by Gasteiger charge is 2.18. The van der Waals surface area contributed by atoms with Crippen LogP contribution in [0.15, 0.2) is 36.4 Å². The minimum absolute atomic E-state index is 0.352. The summed E-state index contributed by atoms with van der Waals surface area (Å²) >= 11 is 0. The van der Waals surface area contributed by atoms with Crippen LogP contribution in [-0.2, 0) is 0 Å². The van der Waals surface area contributed by atoms with Crippen molar-refractivity contribution in [2.75, 3.05) is 0 Å². The lowest BCUT2D eigenvalue weighted by molar-refractivity contribution is -0.0521. The third kappa shape index (κ3) is 2.67. The summed E-state index contributed by atoms with van der Waals surface area (Å²) in [5.41, 5.74) is -0.715. The molecular formula is C13H7F5O. The number of alkyl halides is 2. The molecule has 0 aromatic heterocycles. The molecule has 0 aliphatic rings. The number of rotatable bonds is 3. The van der Waals surface area contributed by atoms with Crippen molar-refractivity contribution in [3.8, 4) is 16.9 Å². The van der Waals surface area contributed by atoms with E-state index in [1.165, 1.54) is 12.1 Å². The van der Waals surface area contributed by atoms with Crippen molar-refractivity contribution in [1.82, 2.24) is 0 Å². The summed E-state index contributed by atoms with van der Waals surface area (Å²) in [4.78, 5) is 0. The van der Waals surface area contributed by atoms with Crippen molar-refractivity contribution in [1.29, 1.82) is 0 Å². The van der Waals surface area contributed by atoms with Gasteiger partial charge in [-0.05, 0) is 12.1 Å². The lowest BCUT2D eigenvalue weighted by Gasteiger charge is -2.10. The molecule has 0 amide bonds. The molecule has 0 saturated carbocycles. The monoisotopic (exact) mass is 274 g/mol. The van der Waals surface area contributed by atoms with Crippen LogP contribution < -0.4 is 4.74 Å². The Morgan fingerprint density at radius 1 is 0.789 bits per heavy atom. The highest BCUT2D eigenvalue weighted by molar-refractivity contribution is 5.66. The fourth-order valence-corrected chi connectivity index (χ4v) is 1.62. The van der Waals surface area contributed by atoms with Gasteiger partial charge in [-0.1, -0.05) is 24.3 Å². The standard InChI is InChI=1S/C13H7F5O/c14-9-5-1-3-7(11(9)15)8-4-2-6-10(12(8)16)19-13(17)18/h1-6,13H. The Labute approximate surface area is 105 Å². The number of ether oxygens (including phenoxy) is 1. The molecule has 0 bridgehead atoms. The largest absolute Gasteiger partial charge is 0.432 e. The van der Waals surface area contributed by atoms with E-state index in [0.717, 1.165) is 24.3 Å². The first-order chi connectivity index (χ1) is 9.00. The van der Waals surface area contributed by atoms with Crippen molar-refractivity contribution in [2.45, 2.75) is 6.61 Å².